The predicted octanol–water partition coefficient (Wildman–Crippen LogP) is 1.55. The van der Waals surface area contributed by atoms with Crippen molar-refractivity contribution >= 4 is 11.8 Å². The second-order valence-electron chi connectivity index (χ2n) is 4.30. The number of methoxy groups -OCH3 is 1. The van der Waals surface area contributed by atoms with E-state index in [1.165, 1.54) is 7.11 Å². The lowest BCUT2D eigenvalue weighted by Gasteiger charge is -2.18. The molecule has 0 aromatic carbocycles. The van der Waals surface area contributed by atoms with Gasteiger partial charge in [-0.05, 0) is 24.7 Å². The summed E-state index contributed by atoms with van der Waals surface area (Å²) < 4.78 is 4.78. The molecule has 0 aromatic rings. The van der Waals surface area contributed by atoms with Crippen LogP contribution in [0, 0.1) is 17.3 Å². The lowest BCUT2D eigenvalue weighted by Crippen LogP contribution is -2.32. The Morgan fingerprint density at radius 1 is 1.64 bits per heavy atom. The van der Waals surface area contributed by atoms with Crippen LogP contribution >= 0.6 is 0 Å². The minimum Gasteiger partial charge on any atom is -0.468 e. The monoisotopic (exact) mass is 196 g/mol. The molecule has 78 valence electrons. The fraction of sp³-hybridized carbons (Fsp3) is 0.818. The molecule has 0 spiro atoms. The molecule has 0 radical (unpaired) electrons. The number of rotatable bonds is 2. The summed E-state index contributed by atoms with van der Waals surface area (Å²) in [7, 11) is 1.38. The van der Waals surface area contributed by atoms with Crippen molar-refractivity contribution in [1.29, 1.82) is 0 Å². The number of fused-ring (bicyclic) bond motifs is 1. The number of hydrogen-bond acceptors (Lipinski definition) is 3. The Morgan fingerprint density at radius 3 is 2.93 bits per heavy atom. The van der Waals surface area contributed by atoms with Gasteiger partial charge in [0.15, 0.2) is 5.78 Å². The topological polar surface area (TPSA) is 43.4 Å². The van der Waals surface area contributed by atoms with Crippen LogP contribution in [0.25, 0.3) is 0 Å². The average Bonchev–Trinajstić information content (AvgIpc) is 2.87. The van der Waals surface area contributed by atoms with Crippen molar-refractivity contribution in [2.24, 2.45) is 17.3 Å². The molecule has 0 bridgehead atoms. The summed E-state index contributed by atoms with van der Waals surface area (Å²) in [6.07, 6.45) is 3.42. The van der Waals surface area contributed by atoms with E-state index in [4.69, 9.17) is 4.74 Å². The van der Waals surface area contributed by atoms with Crippen LogP contribution in [0.5, 0.6) is 0 Å². The van der Waals surface area contributed by atoms with Crippen molar-refractivity contribution in [3.05, 3.63) is 0 Å². The van der Waals surface area contributed by atoms with Gasteiger partial charge in [-0.15, -0.1) is 0 Å². The quantitative estimate of drug-likeness (QED) is 0.497. The van der Waals surface area contributed by atoms with Gasteiger partial charge >= 0.3 is 5.97 Å². The first-order chi connectivity index (χ1) is 6.69. The van der Waals surface area contributed by atoms with Crippen LogP contribution in [-0.4, -0.2) is 18.9 Å². The van der Waals surface area contributed by atoms with Crippen LogP contribution in [0.4, 0.5) is 0 Å². The van der Waals surface area contributed by atoms with Gasteiger partial charge in [0.25, 0.3) is 0 Å². The molecule has 2 aliphatic rings. The molecule has 1 unspecified atom stereocenters. The molecule has 3 nitrogen and oxygen atoms in total. The average molecular weight is 196 g/mol. The van der Waals surface area contributed by atoms with Crippen molar-refractivity contribution in [2.45, 2.75) is 32.6 Å². The molecule has 3 atom stereocenters. The van der Waals surface area contributed by atoms with Crippen LogP contribution in [-0.2, 0) is 14.3 Å². The van der Waals surface area contributed by atoms with Gasteiger partial charge in [0.05, 0.1) is 7.11 Å². The Kier molecular flexibility index (Phi) is 2.13. The second kappa shape index (κ2) is 3.07. The van der Waals surface area contributed by atoms with E-state index in [-0.39, 0.29) is 23.6 Å². The zero-order valence-corrected chi connectivity index (χ0v) is 8.71. The number of ketones is 1. The van der Waals surface area contributed by atoms with Crippen LogP contribution in [0.15, 0.2) is 0 Å². The number of Topliss-reactive ketones (excluding diaryl/α,β-unsaturated/α-hetero) is 1. The van der Waals surface area contributed by atoms with Crippen molar-refractivity contribution in [2.75, 3.05) is 7.11 Å². The van der Waals surface area contributed by atoms with Gasteiger partial charge in [0.1, 0.15) is 5.41 Å². The van der Waals surface area contributed by atoms with Gasteiger partial charge in [0, 0.05) is 6.42 Å². The summed E-state index contributed by atoms with van der Waals surface area (Å²) in [5.74, 6) is 0.359. The molecule has 2 aliphatic carbocycles. The molecule has 0 amide bonds. The van der Waals surface area contributed by atoms with Crippen molar-refractivity contribution in [1.82, 2.24) is 0 Å². The van der Waals surface area contributed by atoms with E-state index in [1.807, 2.05) is 6.92 Å². The Bertz CT molecular complexity index is 268. The molecular formula is C11H16O3. The third kappa shape index (κ3) is 0.928. The van der Waals surface area contributed by atoms with E-state index >= 15 is 0 Å². The van der Waals surface area contributed by atoms with Gasteiger partial charge in [-0.3, -0.25) is 9.59 Å². The van der Waals surface area contributed by atoms with Crippen LogP contribution < -0.4 is 0 Å². The predicted molar refractivity (Wildman–Crippen MR) is 50.6 cm³/mol. The van der Waals surface area contributed by atoms with E-state index in [0.717, 1.165) is 19.3 Å². The third-order valence-corrected chi connectivity index (χ3v) is 3.89. The minimum absolute atomic E-state index is 0.118. The number of ether oxygens (including phenoxy) is 1. The maximum Gasteiger partial charge on any atom is 0.319 e. The van der Waals surface area contributed by atoms with Crippen LogP contribution in [0.3, 0.4) is 0 Å². The normalized spacial score (nSPS) is 40.3. The fourth-order valence-corrected chi connectivity index (χ4v) is 3.26. The smallest absolute Gasteiger partial charge is 0.319 e. The lowest BCUT2D eigenvalue weighted by molar-refractivity contribution is -0.153. The van der Waals surface area contributed by atoms with E-state index in [9.17, 15) is 9.59 Å². The summed E-state index contributed by atoms with van der Waals surface area (Å²) in [6, 6.07) is 0. The highest BCUT2D eigenvalue weighted by atomic mass is 16.5. The molecule has 0 N–H and O–H groups in total. The molecule has 0 aromatic heterocycles. The van der Waals surface area contributed by atoms with Gasteiger partial charge in [-0.1, -0.05) is 13.3 Å². The summed E-state index contributed by atoms with van der Waals surface area (Å²) in [6.45, 7) is 2.04. The van der Waals surface area contributed by atoms with Gasteiger partial charge in [-0.25, -0.2) is 0 Å². The van der Waals surface area contributed by atoms with Crippen LogP contribution in [0.1, 0.15) is 32.6 Å². The Labute approximate surface area is 83.8 Å². The SMILES string of the molecule is CCC1[C@@H]2CCCC(=O)[C@]12C(=O)OC. The minimum atomic E-state index is -0.720. The van der Waals surface area contributed by atoms with Gasteiger partial charge < -0.3 is 4.74 Å². The molecule has 14 heavy (non-hydrogen) atoms. The summed E-state index contributed by atoms with van der Waals surface area (Å²) in [5, 5.41) is 0. The number of carbonyl (C=O) groups is 2. The Morgan fingerprint density at radius 2 is 2.36 bits per heavy atom. The molecule has 3 heteroatoms. The number of esters is 1. The van der Waals surface area contributed by atoms with Crippen molar-refractivity contribution in [3.63, 3.8) is 0 Å². The first kappa shape index (κ1) is 9.69. The van der Waals surface area contributed by atoms with E-state index < -0.39 is 5.41 Å². The largest absolute Gasteiger partial charge is 0.468 e. The third-order valence-electron chi connectivity index (χ3n) is 3.89. The summed E-state index contributed by atoms with van der Waals surface area (Å²) in [5.41, 5.74) is -0.720. The molecular weight excluding hydrogens is 180 g/mol. The van der Waals surface area contributed by atoms with Crippen molar-refractivity contribution in [3.8, 4) is 0 Å². The number of carbonyl (C=O) groups excluding carboxylic acids is 2. The Balaban J connectivity index is 2.29. The first-order valence-electron chi connectivity index (χ1n) is 5.31. The van der Waals surface area contributed by atoms with E-state index in [1.54, 1.807) is 0 Å². The van der Waals surface area contributed by atoms with Crippen molar-refractivity contribution < 1.29 is 14.3 Å². The molecule has 2 rings (SSSR count). The van der Waals surface area contributed by atoms with E-state index in [0.29, 0.717) is 6.42 Å². The lowest BCUT2D eigenvalue weighted by atomic mass is 9.86. The zero-order valence-electron chi connectivity index (χ0n) is 8.71. The second-order valence-corrected chi connectivity index (χ2v) is 4.30. The maximum absolute atomic E-state index is 11.8. The molecule has 0 heterocycles. The summed E-state index contributed by atoms with van der Waals surface area (Å²) in [4.78, 5) is 23.5. The Hall–Kier alpha value is -0.860. The molecule has 2 fully saturated rings. The maximum atomic E-state index is 11.8. The number of hydrogen-bond donors (Lipinski definition) is 0. The van der Waals surface area contributed by atoms with E-state index in [2.05, 4.69) is 0 Å². The standard InChI is InChI=1S/C11H16O3/c1-3-7-8-5-4-6-9(12)11(7,8)10(13)14-2/h7-8H,3-6H2,1-2H3/t7?,8-,11-/m0/s1. The highest BCUT2D eigenvalue weighted by Crippen LogP contribution is 2.66. The molecule has 2 saturated carbocycles. The highest BCUT2D eigenvalue weighted by molar-refractivity contribution is 6.08. The highest BCUT2D eigenvalue weighted by Gasteiger charge is 2.73. The first-order valence-corrected chi connectivity index (χ1v) is 5.31. The summed E-state index contributed by atoms with van der Waals surface area (Å²) >= 11 is 0. The fourth-order valence-electron chi connectivity index (χ4n) is 3.26. The molecule has 0 aliphatic heterocycles. The van der Waals surface area contributed by atoms with Crippen LogP contribution in [0.2, 0.25) is 0 Å². The zero-order chi connectivity index (χ0) is 10.3. The van der Waals surface area contributed by atoms with Gasteiger partial charge in [-0.2, -0.15) is 0 Å². The van der Waals surface area contributed by atoms with Gasteiger partial charge in [0.2, 0.25) is 0 Å². The molecule has 0 saturated heterocycles.